The summed E-state index contributed by atoms with van der Waals surface area (Å²) in [5.74, 6) is -0.190. The summed E-state index contributed by atoms with van der Waals surface area (Å²) in [4.78, 5) is 19.9. The molecule has 1 amide bonds. The molecule has 2 rings (SSSR count). The van der Waals surface area contributed by atoms with Gasteiger partial charge < -0.3 is 5.32 Å². The summed E-state index contributed by atoms with van der Waals surface area (Å²) >= 11 is 0. The van der Waals surface area contributed by atoms with Crippen molar-refractivity contribution in [2.45, 2.75) is 44.7 Å². The summed E-state index contributed by atoms with van der Waals surface area (Å²) in [6, 6.07) is 10.9. The van der Waals surface area contributed by atoms with Crippen LogP contribution in [0, 0.1) is 0 Å². The molecule has 1 aromatic rings. The van der Waals surface area contributed by atoms with Gasteiger partial charge in [0.05, 0.1) is 17.7 Å². The second-order valence-corrected chi connectivity index (χ2v) is 5.18. The molecule has 1 aromatic carbocycles. The first-order chi connectivity index (χ1) is 10.3. The van der Waals surface area contributed by atoms with Gasteiger partial charge in [0.1, 0.15) is 0 Å². The molecule has 0 atom stereocenters. The minimum atomic E-state index is -0.190. The van der Waals surface area contributed by atoms with Crippen LogP contribution in [0.2, 0.25) is 0 Å². The fraction of sp³-hybridized carbons (Fsp3) is 0.412. The van der Waals surface area contributed by atoms with E-state index in [-0.39, 0.29) is 5.91 Å². The van der Waals surface area contributed by atoms with E-state index in [0.717, 1.165) is 24.1 Å². The van der Waals surface area contributed by atoms with Crippen molar-refractivity contribution in [3.8, 4) is 0 Å². The van der Waals surface area contributed by atoms with Gasteiger partial charge in [-0.1, -0.05) is 44.0 Å². The number of hydrogen-bond acceptors (Lipinski definition) is 3. The van der Waals surface area contributed by atoms with Gasteiger partial charge in [-0.25, -0.2) is 4.99 Å². The molecule has 0 spiro atoms. The number of hydrogen-bond donors (Lipinski definition) is 1. The van der Waals surface area contributed by atoms with Gasteiger partial charge in [-0.05, 0) is 30.5 Å². The predicted molar refractivity (Wildman–Crippen MR) is 84.9 cm³/mol. The van der Waals surface area contributed by atoms with Crippen LogP contribution >= 0.6 is 0 Å². The Kier molecular flexibility index (Phi) is 5.92. The maximum absolute atomic E-state index is 11.2. The van der Waals surface area contributed by atoms with Crippen LogP contribution < -0.4 is 5.32 Å². The smallest absolute Gasteiger partial charge is 0.243 e. The van der Waals surface area contributed by atoms with Crippen molar-refractivity contribution < 1.29 is 4.79 Å². The Hall–Kier alpha value is -2.19. The average molecular weight is 283 g/mol. The number of benzene rings is 1. The van der Waals surface area contributed by atoms with Crippen LogP contribution in [0.1, 0.15) is 37.7 Å². The third-order valence-corrected chi connectivity index (χ3v) is 3.62. The molecule has 0 bridgehead atoms. The summed E-state index contributed by atoms with van der Waals surface area (Å²) in [6.07, 6.45) is 7.35. The quantitative estimate of drug-likeness (QED) is 0.651. The zero-order chi connectivity index (χ0) is 14.9. The Morgan fingerprint density at radius 2 is 2.10 bits per heavy atom. The summed E-state index contributed by atoms with van der Waals surface area (Å²) in [7, 11) is 0. The van der Waals surface area contributed by atoms with Crippen molar-refractivity contribution in [2.75, 3.05) is 0 Å². The van der Waals surface area contributed by atoms with E-state index >= 15 is 0 Å². The zero-order valence-corrected chi connectivity index (χ0v) is 12.2. The van der Waals surface area contributed by atoms with Gasteiger partial charge in [0.15, 0.2) is 0 Å². The normalized spacial score (nSPS) is 14.9. The molecule has 4 nitrogen and oxygen atoms in total. The Balaban J connectivity index is 2.03. The van der Waals surface area contributed by atoms with Gasteiger partial charge in [-0.15, -0.1) is 0 Å². The number of rotatable bonds is 5. The molecule has 110 valence electrons. The van der Waals surface area contributed by atoms with E-state index in [4.69, 9.17) is 0 Å². The summed E-state index contributed by atoms with van der Waals surface area (Å²) in [6.45, 7) is 3.86. The summed E-state index contributed by atoms with van der Waals surface area (Å²) in [5, 5.41) is 2.75. The molecule has 1 fully saturated rings. The van der Waals surface area contributed by atoms with Crippen molar-refractivity contribution in [3.05, 3.63) is 42.5 Å². The van der Waals surface area contributed by atoms with Gasteiger partial charge in [-0.3, -0.25) is 4.79 Å². The number of nitrogens with zero attached hydrogens (tertiary/aromatic N) is 2. The monoisotopic (exact) mass is 283 g/mol. The van der Waals surface area contributed by atoms with Crippen LogP contribution in [0.15, 0.2) is 46.9 Å². The lowest BCUT2D eigenvalue weighted by atomic mass is 9.96. The third kappa shape index (κ3) is 5.01. The molecule has 21 heavy (non-hydrogen) atoms. The molecule has 0 aromatic heterocycles. The van der Waals surface area contributed by atoms with Gasteiger partial charge in [0, 0.05) is 6.54 Å². The van der Waals surface area contributed by atoms with Crippen molar-refractivity contribution in [3.63, 3.8) is 0 Å². The highest BCUT2D eigenvalue weighted by molar-refractivity contribution is 5.86. The molecular weight excluding hydrogens is 262 g/mol. The predicted octanol–water partition coefficient (Wildman–Crippen LogP) is 3.63. The fourth-order valence-corrected chi connectivity index (χ4v) is 2.40. The van der Waals surface area contributed by atoms with E-state index < -0.39 is 0 Å². The lowest BCUT2D eigenvalue weighted by Crippen LogP contribution is -2.19. The van der Waals surface area contributed by atoms with Crippen LogP contribution in [0.5, 0.6) is 0 Å². The summed E-state index contributed by atoms with van der Waals surface area (Å²) < 4.78 is 0. The highest BCUT2D eigenvalue weighted by Crippen LogP contribution is 2.20. The Morgan fingerprint density at radius 1 is 1.33 bits per heavy atom. The molecular formula is C17H21N3O. The number of carbonyl (C=O) groups excluding carboxylic acids is 1. The first-order valence-electron chi connectivity index (χ1n) is 7.43. The highest BCUT2D eigenvalue weighted by Gasteiger charge is 2.10. The van der Waals surface area contributed by atoms with Crippen molar-refractivity contribution in [2.24, 2.45) is 9.98 Å². The van der Waals surface area contributed by atoms with Crippen LogP contribution in [0.25, 0.3) is 0 Å². The number of nitrogens with one attached hydrogen (secondary N) is 1. The lowest BCUT2D eigenvalue weighted by molar-refractivity contribution is -0.116. The molecule has 4 heteroatoms. The largest absolute Gasteiger partial charge is 0.348 e. The average Bonchev–Trinajstić information content (AvgIpc) is 2.54. The van der Waals surface area contributed by atoms with E-state index in [1.165, 1.54) is 25.3 Å². The molecule has 0 radical (unpaired) electrons. The first-order valence-corrected chi connectivity index (χ1v) is 7.43. The van der Waals surface area contributed by atoms with E-state index in [1.807, 2.05) is 24.3 Å². The van der Waals surface area contributed by atoms with Crippen LogP contribution in [0.4, 0.5) is 5.69 Å². The van der Waals surface area contributed by atoms with Crippen LogP contribution in [-0.4, -0.2) is 18.0 Å². The Bertz CT molecular complexity index is 553. The minimum absolute atomic E-state index is 0.190. The molecule has 0 saturated heterocycles. The number of aliphatic imine (C=N–C) groups is 2. The third-order valence-electron chi connectivity index (χ3n) is 3.62. The van der Waals surface area contributed by atoms with E-state index in [1.54, 1.807) is 0 Å². The van der Waals surface area contributed by atoms with E-state index in [9.17, 15) is 4.79 Å². The second kappa shape index (κ2) is 8.18. The van der Waals surface area contributed by atoms with Crippen LogP contribution in [-0.2, 0) is 11.3 Å². The first kappa shape index (κ1) is 15.2. The Labute approximate surface area is 125 Å². The van der Waals surface area contributed by atoms with Gasteiger partial charge >= 0.3 is 0 Å². The molecule has 1 saturated carbocycles. The SMILES string of the molecule is C=CC(=O)NCc1ccccc1N=C=NC1CCCCC1. The van der Waals surface area contributed by atoms with E-state index in [0.29, 0.717) is 12.6 Å². The number of carbonyl (C=O) groups is 1. The van der Waals surface area contributed by atoms with Crippen molar-refractivity contribution >= 4 is 17.6 Å². The maximum atomic E-state index is 11.2. The lowest BCUT2D eigenvalue weighted by Gasteiger charge is -2.15. The van der Waals surface area contributed by atoms with Crippen molar-refractivity contribution in [1.82, 2.24) is 5.32 Å². The summed E-state index contributed by atoms with van der Waals surface area (Å²) in [5.41, 5.74) is 1.74. The molecule has 1 N–H and O–H groups in total. The number of para-hydroxylation sites is 1. The molecule has 0 aliphatic heterocycles. The maximum Gasteiger partial charge on any atom is 0.243 e. The highest BCUT2D eigenvalue weighted by atomic mass is 16.1. The molecule has 0 unspecified atom stereocenters. The van der Waals surface area contributed by atoms with Crippen LogP contribution in [0.3, 0.4) is 0 Å². The van der Waals surface area contributed by atoms with Gasteiger partial charge in [0.2, 0.25) is 5.91 Å². The molecule has 1 aliphatic rings. The van der Waals surface area contributed by atoms with E-state index in [2.05, 4.69) is 27.9 Å². The zero-order valence-electron chi connectivity index (χ0n) is 12.2. The van der Waals surface area contributed by atoms with Gasteiger partial charge in [-0.2, -0.15) is 4.99 Å². The Morgan fingerprint density at radius 3 is 2.86 bits per heavy atom. The topological polar surface area (TPSA) is 53.8 Å². The number of amides is 1. The van der Waals surface area contributed by atoms with Gasteiger partial charge in [0.25, 0.3) is 0 Å². The standard InChI is InChI=1S/C17H21N3O/c1-2-17(21)18-12-14-8-6-7-11-16(14)20-13-19-15-9-4-3-5-10-15/h2,6-8,11,15H,1,3-5,9-10,12H2,(H,18,21). The minimum Gasteiger partial charge on any atom is -0.348 e. The molecule has 0 heterocycles. The van der Waals surface area contributed by atoms with Crippen molar-refractivity contribution in [1.29, 1.82) is 0 Å². The molecule has 1 aliphatic carbocycles. The fourth-order valence-electron chi connectivity index (χ4n) is 2.40. The second-order valence-electron chi connectivity index (χ2n) is 5.18.